The van der Waals surface area contributed by atoms with Crippen LogP contribution in [-0.4, -0.2) is 101 Å². The Labute approximate surface area is 300 Å². The SMILES string of the molecule is C=CCNC(=O)C(=O)C(CC1CC1)NC(=O)[C@@H]1[C@@H](C(C)C)CCN1C(=O)[C@@H](NC(=O)[C@@H](NS(=O)(=O)c1nn[nH]n1)C1(C)CCCCC1)C(C)(C)C. The van der Waals surface area contributed by atoms with Gasteiger partial charge < -0.3 is 20.9 Å². The summed E-state index contributed by atoms with van der Waals surface area (Å²) in [6.07, 6.45) is 7.78. The number of carbonyl (C=O) groups excluding carboxylic acids is 5. The molecule has 5 atom stereocenters. The summed E-state index contributed by atoms with van der Waals surface area (Å²) in [5.41, 5.74) is -1.63. The van der Waals surface area contributed by atoms with Crippen molar-refractivity contribution in [2.24, 2.45) is 28.6 Å². The minimum atomic E-state index is -4.36. The zero-order valence-electron chi connectivity index (χ0n) is 30.7. The molecule has 0 radical (unpaired) electrons. The predicted molar refractivity (Wildman–Crippen MR) is 187 cm³/mol. The molecule has 0 spiro atoms. The van der Waals surface area contributed by atoms with Gasteiger partial charge in [-0.2, -0.15) is 9.94 Å². The van der Waals surface area contributed by atoms with E-state index in [0.717, 1.165) is 32.1 Å². The molecule has 16 nitrogen and oxygen atoms in total. The number of rotatable bonds is 16. The number of hydrogen-bond donors (Lipinski definition) is 5. The topological polar surface area (TPSA) is 225 Å². The largest absolute Gasteiger partial charge is 0.346 e. The van der Waals surface area contributed by atoms with Crippen molar-refractivity contribution < 1.29 is 32.4 Å². The summed E-state index contributed by atoms with van der Waals surface area (Å²) in [7, 11) is -4.36. The summed E-state index contributed by atoms with van der Waals surface area (Å²) in [5, 5.41) is 20.2. The van der Waals surface area contributed by atoms with E-state index in [1.165, 1.54) is 11.0 Å². The number of nitrogens with zero attached hydrogens (tertiary/aromatic N) is 4. The Morgan fingerprint density at radius 2 is 1.73 bits per heavy atom. The second kappa shape index (κ2) is 16.3. The standard InChI is InChI=1S/C34H55N9O7S/c1-8-17-35-29(46)25(44)23(19-21-12-13-21)36-28(45)24-22(20(2)3)14-18-43(24)31(48)27(33(4,5)6)37-30(47)26(34(7)15-10-9-11-16-34)40-51(49,50)32-38-41-42-39-32/h8,20-24,26-27,40H,1,9-19H2,2-7H3,(H,35,46)(H,36,45)(H,37,47)(H,38,39,41,42)/t22-,23?,24+,26-,27-/m1/s1. The maximum Gasteiger partial charge on any atom is 0.303 e. The zero-order chi connectivity index (χ0) is 37.7. The third kappa shape index (κ3) is 9.78. The van der Waals surface area contributed by atoms with E-state index in [1.54, 1.807) is 20.8 Å². The molecule has 3 fully saturated rings. The van der Waals surface area contributed by atoms with E-state index in [2.05, 4.69) is 47.9 Å². The maximum absolute atomic E-state index is 14.6. The molecule has 5 N–H and O–H groups in total. The first-order valence-corrected chi connectivity index (χ1v) is 19.5. The summed E-state index contributed by atoms with van der Waals surface area (Å²) in [5.74, 6) is -3.33. The van der Waals surface area contributed by atoms with Gasteiger partial charge in [0.15, 0.2) is 0 Å². The first kappa shape index (κ1) is 40.0. The average Bonchev–Trinajstić information content (AvgIpc) is 3.50. The van der Waals surface area contributed by atoms with Crippen LogP contribution in [0.25, 0.3) is 0 Å². The van der Waals surface area contributed by atoms with E-state index in [1.807, 2.05) is 20.8 Å². The summed E-state index contributed by atoms with van der Waals surface area (Å²) in [6.45, 7) is 15.0. The Morgan fingerprint density at radius 3 is 2.27 bits per heavy atom. The minimum Gasteiger partial charge on any atom is -0.346 e. The molecule has 17 heteroatoms. The highest BCUT2D eigenvalue weighted by atomic mass is 32.2. The molecule has 1 aliphatic heterocycles. The van der Waals surface area contributed by atoms with Crippen LogP contribution in [0.1, 0.15) is 99.3 Å². The van der Waals surface area contributed by atoms with E-state index >= 15 is 0 Å². The number of sulfonamides is 1. The van der Waals surface area contributed by atoms with Crippen molar-refractivity contribution in [2.45, 2.75) is 129 Å². The molecule has 1 aromatic rings. The molecule has 0 bridgehead atoms. The van der Waals surface area contributed by atoms with E-state index in [-0.39, 0.29) is 30.8 Å². The number of tetrazole rings is 1. The fourth-order valence-corrected chi connectivity index (χ4v) is 8.47. The fraction of sp³-hybridized carbons (Fsp3) is 0.765. The molecule has 51 heavy (non-hydrogen) atoms. The minimum absolute atomic E-state index is 0.00937. The van der Waals surface area contributed by atoms with Gasteiger partial charge >= 0.3 is 5.16 Å². The Morgan fingerprint density at radius 1 is 1.06 bits per heavy atom. The van der Waals surface area contributed by atoms with Gasteiger partial charge in [-0.05, 0) is 59.5 Å². The van der Waals surface area contributed by atoms with Crippen LogP contribution < -0.4 is 20.7 Å². The normalized spacial score (nSPS) is 22.5. The zero-order valence-corrected chi connectivity index (χ0v) is 31.5. The molecule has 2 aliphatic carbocycles. The van der Waals surface area contributed by atoms with Crippen LogP contribution in [-0.2, 0) is 34.0 Å². The van der Waals surface area contributed by atoms with Crippen molar-refractivity contribution in [3.8, 4) is 0 Å². The van der Waals surface area contributed by atoms with Crippen LogP contribution in [0.4, 0.5) is 0 Å². The Bertz CT molecular complexity index is 1550. The van der Waals surface area contributed by atoms with Gasteiger partial charge in [-0.15, -0.1) is 11.7 Å². The summed E-state index contributed by atoms with van der Waals surface area (Å²) < 4.78 is 29.1. The van der Waals surface area contributed by atoms with E-state index < -0.39 is 79.6 Å². The number of aromatic nitrogens is 4. The lowest BCUT2D eigenvalue weighted by atomic mass is 9.70. The van der Waals surface area contributed by atoms with Crippen molar-refractivity contribution in [1.29, 1.82) is 0 Å². The Hall–Kier alpha value is -3.73. The molecule has 4 amide bonds. The number of H-pyrrole nitrogens is 1. The highest BCUT2D eigenvalue weighted by Crippen LogP contribution is 2.40. The molecule has 1 aromatic heterocycles. The fourth-order valence-electron chi connectivity index (χ4n) is 7.36. The quantitative estimate of drug-likeness (QED) is 0.121. The van der Waals surface area contributed by atoms with Crippen LogP contribution in [0.3, 0.4) is 0 Å². The molecule has 284 valence electrons. The summed E-state index contributed by atoms with van der Waals surface area (Å²) in [6, 6.07) is -4.43. The van der Waals surface area contributed by atoms with E-state index in [0.29, 0.717) is 25.7 Å². The number of aromatic amines is 1. The molecule has 0 aromatic carbocycles. The number of carbonyl (C=O) groups is 5. The first-order chi connectivity index (χ1) is 23.9. The van der Waals surface area contributed by atoms with Gasteiger partial charge in [0.2, 0.25) is 23.5 Å². The van der Waals surface area contributed by atoms with Crippen molar-refractivity contribution >= 4 is 39.4 Å². The number of Topliss-reactive ketones (excluding diaryl/α,β-unsaturated/α-hetero) is 1. The van der Waals surface area contributed by atoms with Gasteiger partial charge in [0.05, 0.1) is 6.04 Å². The third-order valence-corrected chi connectivity index (χ3v) is 11.8. The number of ketones is 1. The van der Waals surface area contributed by atoms with Crippen LogP contribution in [0.15, 0.2) is 17.8 Å². The monoisotopic (exact) mass is 733 g/mol. The van der Waals surface area contributed by atoms with E-state index in [9.17, 15) is 32.4 Å². The molecule has 1 unspecified atom stereocenters. The second-order valence-corrected chi connectivity index (χ2v) is 17.7. The summed E-state index contributed by atoms with van der Waals surface area (Å²) >= 11 is 0. The highest BCUT2D eigenvalue weighted by Gasteiger charge is 2.50. The average molecular weight is 734 g/mol. The van der Waals surface area contributed by atoms with Gasteiger partial charge in [-0.3, -0.25) is 24.0 Å². The van der Waals surface area contributed by atoms with Crippen LogP contribution >= 0.6 is 0 Å². The van der Waals surface area contributed by atoms with Crippen molar-refractivity contribution in [3.63, 3.8) is 0 Å². The van der Waals surface area contributed by atoms with Crippen molar-refractivity contribution in [3.05, 3.63) is 12.7 Å². The number of hydrogen-bond acceptors (Lipinski definition) is 10. The van der Waals surface area contributed by atoms with E-state index in [4.69, 9.17) is 0 Å². The lowest BCUT2D eigenvalue weighted by Gasteiger charge is -2.42. The first-order valence-electron chi connectivity index (χ1n) is 18.0. The molecular weight excluding hydrogens is 678 g/mol. The third-order valence-electron chi connectivity index (χ3n) is 10.6. The van der Waals surface area contributed by atoms with Gasteiger partial charge in [0.1, 0.15) is 18.1 Å². The smallest absolute Gasteiger partial charge is 0.303 e. The number of nitrogens with one attached hydrogen (secondary N) is 5. The highest BCUT2D eigenvalue weighted by molar-refractivity contribution is 7.89. The second-order valence-electron chi connectivity index (χ2n) is 16.0. The predicted octanol–water partition coefficient (Wildman–Crippen LogP) is 1.38. The van der Waals surface area contributed by atoms with Gasteiger partial charge in [0, 0.05) is 13.1 Å². The van der Waals surface area contributed by atoms with Crippen LogP contribution in [0.5, 0.6) is 0 Å². The molecule has 2 saturated carbocycles. The van der Waals surface area contributed by atoms with Crippen LogP contribution in [0.2, 0.25) is 0 Å². The van der Waals surface area contributed by atoms with Crippen LogP contribution in [0, 0.1) is 28.6 Å². The molecule has 3 aliphatic rings. The molecule has 1 saturated heterocycles. The molecular formula is C34H55N9O7S. The Kier molecular flexibility index (Phi) is 12.8. The molecule has 4 rings (SSSR count). The van der Waals surface area contributed by atoms with Gasteiger partial charge in [-0.1, -0.05) is 84.8 Å². The van der Waals surface area contributed by atoms with Gasteiger partial charge in [-0.25, -0.2) is 8.42 Å². The summed E-state index contributed by atoms with van der Waals surface area (Å²) in [4.78, 5) is 70.4. The Balaban J connectivity index is 1.62. The van der Waals surface area contributed by atoms with Crippen molar-refractivity contribution in [1.82, 2.24) is 46.2 Å². The van der Waals surface area contributed by atoms with Crippen molar-refractivity contribution in [2.75, 3.05) is 13.1 Å². The number of likely N-dealkylation sites (tertiary alicyclic amines) is 1. The van der Waals surface area contributed by atoms with Gasteiger partial charge in [0.25, 0.3) is 15.9 Å². The molecule has 2 heterocycles. The maximum atomic E-state index is 14.6. The lowest BCUT2D eigenvalue weighted by Crippen LogP contribution is -2.63. The lowest BCUT2D eigenvalue weighted by molar-refractivity contribution is -0.146. The number of amides is 4.